The second-order valence-corrected chi connectivity index (χ2v) is 13.1. The number of pyridine rings is 1. The number of amides is 1. The van der Waals surface area contributed by atoms with Crippen LogP contribution in [0.2, 0.25) is 5.02 Å². The predicted octanol–water partition coefficient (Wildman–Crippen LogP) is 5.66. The number of carbonyl (C=O) groups excluding carboxylic acids is 2. The summed E-state index contributed by atoms with van der Waals surface area (Å²) in [4.78, 5) is 31.9. The highest BCUT2D eigenvalue weighted by Gasteiger charge is 2.45. The van der Waals surface area contributed by atoms with Gasteiger partial charge in [0, 0.05) is 23.9 Å². The van der Waals surface area contributed by atoms with Gasteiger partial charge >= 0.3 is 0 Å². The molecule has 3 heterocycles. The number of benzene rings is 1. The number of rotatable bonds is 8. The number of Topliss-reactive ketones (excluding diaryl/α,β-unsaturated/α-hetero) is 1. The summed E-state index contributed by atoms with van der Waals surface area (Å²) in [5.74, 6) is 0.483. The number of nitrogens with one attached hydrogen (secondary N) is 1. The van der Waals surface area contributed by atoms with E-state index >= 15 is 0 Å². The molecule has 10 nitrogen and oxygen atoms in total. The second-order valence-electron chi connectivity index (χ2n) is 10.5. The van der Waals surface area contributed by atoms with Crippen LogP contribution in [0.1, 0.15) is 45.1 Å². The number of hydrogen-bond acceptors (Lipinski definition) is 11. The highest BCUT2D eigenvalue weighted by atomic mass is 35.5. The molecule has 5 rings (SSSR count). The zero-order chi connectivity index (χ0) is 30.0. The number of halogens is 1. The Labute approximate surface area is 256 Å². The van der Waals surface area contributed by atoms with E-state index < -0.39 is 5.92 Å². The zero-order valence-electron chi connectivity index (χ0n) is 23.2. The predicted molar refractivity (Wildman–Crippen MR) is 163 cm³/mol. The third-order valence-corrected chi connectivity index (χ3v) is 9.08. The molecule has 0 saturated carbocycles. The third kappa shape index (κ3) is 6.13. The molecule has 2 aliphatic rings. The molecule has 1 amide bonds. The number of ether oxygens (including phenoxy) is 1. The van der Waals surface area contributed by atoms with Crippen LogP contribution in [0.3, 0.4) is 0 Å². The molecule has 0 spiro atoms. The van der Waals surface area contributed by atoms with Crippen molar-refractivity contribution in [2.75, 3.05) is 22.6 Å². The van der Waals surface area contributed by atoms with E-state index in [1.807, 2.05) is 45.0 Å². The van der Waals surface area contributed by atoms with Gasteiger partial charge in [-0.1, -0.05) is 60.7 Å². The highest BCUT2D eigenvalue weighted by Crippen LogP contribution is 2.50. The number of carbonyl (C=O) groups is 2. The fourth-order valence-corrected chi connectivity index (χ4v) is 6.88. The van der Waals surface area contributed by atoms with Crippen molar-refractivity contribution in [3.63, 3.8) is 0 Å². The number of nitrogens with zero attached hydrogens (tertiary/aromatic N) is 5. The molecule has 1 aliphatic heterocycles. The lowest BCUT2D eigenvalue weighted by Gasteiger charge is -2.42. The van der Waals surface area contributed by atoms with E-state index in [-0.39, 0.29) is 34.3 Å². The lowest BCUT2D eigenvalue weighted by molar-refractivity contribution is -0.118. The first-order chi connectivity index (χ1) is 20.1. The van der Waals surface area contributed by atoms with Crippen LogP contribution in [0.15, 0.2) is 69.6 Å². The Bertz CT molecular complexity index is 1630. The van der Waals surface area contributed by atoms with Gasteiger partial charge in [0.2, 0.25) is 11.0 Å². The van der Waals surface area contributed by atoms with Crippen LogP contribution in [0.5, 0.6) is 5.75 Å². The van der Waals surface area contributed by atoms with Crippen molar-refractivity contribution < 1.29 is 14.3 Å². The molecule has 0 fully saturated rings. The highest BCUT2D eigenvalue weighted by molar-refractivity contribution is 8.01. The summed E-state index contributed by atoms with van der Waals surface area (Å²) in [6.07, 6.45) is 2.36. The molecule has 1 aliphatic carbocycles. The summed E-state index contributed by atoms with van der Waals surface area (Å²) >= 11 is 8.30. The molecule has 216 valence electrons. The van der Waals surface area contributed by atoms with Crippen molar-refractivity contribution in [2.24, 2.45) is 11.1 Å². The summed E-state index contributed by atoms with van der Waals surface area (Å²) < 4.78 is 6.12. The number of nitriles is 1. The Morgan fingerprint density at radius 3 is 2.69 bits per heavy atom. The van der Waals surface area contributed by atoms with Crippen LogP contribution < -0.4 is 20.7 Å². The van der Waals surface area contributed by atoms with Gasteiger partial charge in [0.1, 0.15) is 17.4 Å². The standard InChI is InChI=1S/C29H28ClN7O3S2/c1-4-40-18-8-5-16(6-9-18)24-19(13-31)26(32)37(20-11-29(2,3)12-21(38)25(20)24)27-35-36-28(42-27)41-15-23(39)34-22-10-7-17(30)14-33-22/h5-10,14,24H,4,11-12,15,32H2,1-3H3,(H,33,34,39). The van der Waals surface area contributed by atoms with Crippen molar-refractivity contribution in [1.29, 1.82) is 5.26 Å². The molecule has 42 heavy (non-hydrogen) atoms. The second kappa shape index (κ2) is 12.1. The minimum Gasteiger partial charge on any atom is -0.494 e. The lowest BCUT2D eigenvalue weighted by atomic mass is 9.68. The van der Waals surface area contributed by atoms with Gasteiger partial charge in [0.15, 0.2) is 10.1 Å². The summed E-state index contributed by atoms with van der Waals surface area (Å²) in [5, 5.41) is 22.5. The Morgan fingerprint density at radius 1 is 1.26 bits per heavy atom. The van der Waals surface area contributed by atoms with Gasteiger partial charge in [-0.25, -0.2) is 4.98 Å². The quantitative estimate of drug-likeness (QED) is 0.302. The van der Waals surface area contributed by atoms with E-state index in [0.29, 0.717) is 56.8 Å². The van der Waals surface area contributed by atoms with E-state index in [1.165, 1.54) is 29.3 Å². The number of thioether (sulfide) groups is 1. The van der Waals surface area contributed by atoms with Gasteiger partial charge in [-0.2, -0.15) is 5.26 Å². The summed E-state index contributed by atoms with van der Waals surface area (Å²) in [6.45, 7) is 6.51. The smallest absolute Gasteiger partial charge is 0.235 e. The van der Waals surface area contributed by atoms with Gasteiger partial charge < -0.3 is 15.8 Å². The minimum atomic E-state index is -0.604. The molecular formula is C29H28ClN7O3S2. The Balaban J connectivity index is 1.45. The molecule has 3 aromatic rings. The molecule has 13 heteroatoms. The maximum Gasteiger partial charge on any atom is 0.235 e. The zero-order valence-corrected chi connectivity index (χ0v) is 25.6. The molecule has 1 aromatic carbocycles. The van der Waals surface area contributed by atoms with Gasteiger partial charge in [-0.3, -0.25) is 14.5 Å². The first-order valence-electron chi connectivity index (χ1n) is 13.2. The molecule has 1 atom stereocenters. The molecule has 0 radical (unpaired) electrons. The van der Waals surface area contributed by atoms with E-state index in [9.17, 15) is 14.9 Å². The average molecular weight is 622 g/mol. The van der Waals surface area contributed by atoms with Crippen molar-refractivity contribution in [1.82, 2.24) is 15.2 Å². The summed E-state index contributed by atoms with van der Waals surface area (Å²) in [7, 11) is 0. The van der Waals surface area contributed by atoms with E-state index in [1.54, 1.807) is 17.0 Å². The van der Waals surface area contributed by atoms with E-state index in [0.717, 1.165) is 5.56 Å². The van der Waals surface area contributed by atoms with Gasteiger partial charge in [0.25, 0.3) is 0 Å². The van der Waals surface area contributed by atoms with Gasteiger partial charge in [0.05, 0.1) is 34.9 Å². The van der Waals surface area contributed by atoms with Crippen LogP contribution in [0.25, 0.3) is 0 Å². The number of anilines is 2. The number of allylic oxidation sites excluding steroid dienone is 3. The molecule has 1 unspecified atom stereocenters. The van der Waals surface area contributed by atoms with Gasteiger partial charge in [-0.15, -0.1) is 10.2 Å². The van der Waals surface area contributed by atoms with Crippen LogP contribution in [0.4, 0.5) is 10.9 Å². The fourth-order valence-electron chi connectivity index (χ4n) is 5.09. The summed E-state index contributed by atoms with van der Waals surface area (Å²) in [5.41, 5.74) is 8.70. The van der Waals surface area contributed by atoms with Crippen LogP contribution >= 0.6 is 34.7 Å². The van der Waals surface area contributed by atoms with Crippen LogP contribution in [-0.4, -0.2) is 39.2 Å². The molecule has 0 saturated heterocycles. The number of nitrogens with two attached hydrogens (primary N) is 1. The Hall–Kier alpha value is -3.92. The topological polar surface area (TPSA) is 147 Å². The number of aromatic nitrogens is 3. The van der Waals surface area contributed by atoms with Crippen molar-refractivity contribution in [3.8, 4) is 11.8 Å². The third-order valence-electron chi connectivity index (χ3n) is 6.81. The minimum absolute atomic E-state index is 0.0306. The first-order valence-corrected chi connectivity index (χ1v) is 15.3. The monoisotopic (exact) mass is 621 g/mol. The molecule has 0 bridgehead atoms. The maximum atomic E-state index is 13.7. The van der Waals surface area contributed by atoms with Gasteiger partial charge in [-0.05, 0) is 48.6 Å². The summed E-state index contributed by atoms with van der Waals surface area (Å²) in [6, 6.07) is 12.9. The largest absolute Gasteiger partial charge is 0.494 e. The maximum absolute atomic E-state index is 13.7. The number of ketones is 1. The average Bonchev–Trinajstić information content (AvgIpc) is 3.41. The Kier molecular flexibility index (Phi) is 8.54. The SMILES string of the molecule is CCOc1ccc(C2C(C#N)=C(N)N(c3nnc(SCC(=O)Nc4ccc(Cl)cn4)s3)C3=C2C(=O)CC(C)(C)C3)cc1. The molecule has 2 aromatic heterocycles. The number of hydrogen-bond donors (Lipinski definition) is 2. The van der Waals surface area contributed by atoms with Crippen LogP contribution in [0, 0.1) is 16.7 Å². The lowest BCUT2D eigenvalue weighted by Crippen LogP contribution is -2.42. The normalized spacial score (nSPS) is 18.0. The van der Waals surface area contributed by atoms with Crippen molar-refractivity contribution in [2.45, 2.75) is 43.9 Å². The molecular weight excluding hydrogens is 594 g/mol. The van der Waals surface area contributed by atoms with Crippen LogP contribution in [-0.2, 0) is 9.59 Å². The van der Waals surface area contributed by atoms with Crippen molar-refractivity contribution in [3.05, 3.63) is 75.8 Å². The fraction of sp³-hybridized carbons (Fsp3) is 0.310. The van der Waals surface area contributed by atoms with E-state index in [2.05, 4.69) is 26.6 Å². The van der Waals surface area contributed by atoms with E-state index in [4.69, 9.17) is 22.1 Å². The first kappa shape index (κ1) is 29.6. The van der Waals surface area contributed by atoms with Crippen molar-refractivity contribution >= 4 is 57.3 Å². The molecule has 3 N–H and O–H groups in total. The Morgan fingerprint density at radius 2 is 2.02 bits per heavy atom.